The van der Waals surface area contributed by atoms with Crippen LogP contribution in [0.4, 0.5) is 0 Å². The Morgan fingerprint density at radius 2 is 0.800 bits per heavy atom. The molecule has 256 valence electrons. The molecule has 45 heavy (non-hydrogen) atoms. The summed E-state index contributed by atoms with van der Waals surface area (Å²) in [7, 11) is 0. The van der Waals surface area contributed by atoms with Crippen molar-refractivity contribution in [3.63, 3.8) is 0 Å². The molecule has 0 bridgehead atoms. The Morgan fingerprint density at radius 1 is 0.489 bits per heavy atom. The van der Waals surface area contributed by atoms with Crippen LogP contribution < -0.4 is 18.9 Å². The van der Waals surface area contributed by atoms with Gasteiger partial charge in [-0.25, -0.2) is 0 Å². The zero-order valence-corrected chi connectivity index (χ0v) is 28.5. The number of ether oxygens (including phenoxy) is 4. The van der Waals surface area contributed by atoms with Gasteiger partial charge < -0.3 is 18.9 Å². The zero-order valence-electron chi connectivity index (χ0n) is 28.5. The van der Waals surface area contributed by atoms with Crippen LogP contribution in [0.25, 0.3) is 0 Å². The number of hydrogen-bond donors (Lipinski definition) is 0. The highest BCUT2D eigenvalue weighted by Gasteiger charge is 2.23. The minimum Gasteiger partial charge on any atom is -0.428 e. The molecule has 1 aromatic carbocycles. The van der Waals surface area contributed by atoms with Gasteiger partial charge in [0.25, 0.3) is 6.47 Å². The minimum absolute atomic E-state index is 0.00864. The molecular weight excluding hydrogens is 572 g/mol. The van der Waals surface area contributed by atoms with Crippen molar-refractivity contribution in [1.82, 2.24) is 0 Å². The molecule has 1 aromatic rings. The summed E-state index contributed by atoms with van der Waals surface area (Å²) >= 11 is 0. The lowest BCUT2D eigenvalue weighted by molar-refractivity contribution is -0.138. The van der Waals surface area contributed by atoms with Crippen molar-refractivity contribution in [2.45, 2.75) is 175 Å². The topological polar surface area (TPSA) is 105 Å². The molecule has 0 saturated carbocycles. The predicted molar refractivity (Wildman–Crippen MR) is 178 cm³/mol. The van der Waals surface area contributed by atoms with Crippen LogP contribution in [0, 0.1) is 0 Å². The van der Waals surface area contributed by atoms with Crippen molar-refractivity contribution in [3.05, 3.63) is 12.1 Å². The van der Waals surface area contributed by atoms with Crippen LogP contribution in [-0.4, -0.2) is 24.4 Å². The lowest BCUT2D eigenvalue weighted by Crippen LogP contribution is -2.15. The fourth-order valence-corrected chi connectivity index (χ4v) is 5.12. The van der Waals surface area contributed by atoms with E-state index in [0.29, 0.717) is 19.3 Å². The van der Waals surface area contributed by atoms with Gasteiger partial charge in [0.15, 0.2) is 11.5 Å². The molecule has 0 aliphatic heterocycles. The van der Waals surface area contributed by atoms with Gasteiger partial charge in [0.1, 0.15) is 5.75 Å². The molecule has 0 N–H and O–H groups in total. The predicted octanol–water partition coefficient (Wildman–Crippen LogP) is 10.4. The molecule has 0 radical (unpaired) electrons. The van der Waals surface area contributed by atoms with Crippen LogP contribution in [0.2, 0.25) is 0 Å². The first kappa shape index (κ1) is 40.1. The van der Waals surface area contributed by atoms with E-state index in [1.54, 1.807) is 0 Å². The maximum absolute atomic E-state index is 12.9. The fourth-order valence-electron chi connectivity index (χ4n) is 5.12. The van der Waals surface area contributed by atoms with Crippen LogP contribution in [0.1, 0.15) is 175 Å². The summed E-state index contributed by atoms with van der Waals surface area (Å²) in [5.74, 6) is -1.89. The Balaban J connectivity index is 2.95. The Bertz CT molecular complexity index is 905. The van der Waals surface area contributed by atoms with Gasteiger partial charge in [0.2, 0.25) is 5.75 Å². The van der Waals surface area contributed by atoms with Gasteiger partial charge in [-0.1, -0.05) is 136 Å². The number of carbonyl (C=O) groups excluding carboxylic acids is 4. The van der Waals surface area contributed by atoms with Crippen molar-refractivity contribution in [2.24, 2.45) is 0 Å². The number of esters is 3. The highest BCUT2D eigenvalue weighted by atomic mass is 16.6. The lowest BCUT2D eigenvalue weighted by atomic mass is 10.1. The quantitative estimate of drug-likeness (QED) is 0.0372. The van der Waals surface area contributed by atoms with Gasteiger partial charge in [-0.2, -0.15) is 0 Å². The molecule has 0 aliphatic rings. The highest BCUT2D eigenvalue weighted by Crippen LogP contribution is 2.42. The molecule has 1 rings (SSSR count). The summed E-state index contributed by atoms with van der Waals surface area (Å²) in [5, 5.41) is 0. The van der Waals surface area contributed by atoms with E-state index in [1.807, 2.05) is 0 Å². The van der Waals surface area contributed by atoms with E-state index in [2.05, 4.69) is 20.8 Å². The maximum Gasteiger partial charge on any atom is 0.311 e. The summed E-state index contributed by atoms with van der Waals surface area (Å²) < 4.78 is 21.9. The molecule has 8 nitrogen and oxygen atoms in total. The molecule has 0 unspecified atom stereocenters. The average Bonchev–Trinajstić information content (AvgIpc) is 3.01. The van der Waals surface area contributed by atoms with Gasteiger partial charge in [-0.05, 0) is 19.3 Å². The lowest BCUT2D eigenvalue weighted by Gasteiger charge is -2.16. The molecule has 0 heterocycles. The normalized spacial score (nSPS) is 10.8. The first-order valence-corrected chi connectivity index (χ1v) is 17.8. The maximum atomic E-state index is 12.9. The second kappa shape index (κ2) is 27.4. The van der Waals surface area contributed by atoms with Crippen LogP contribution in [0.5, 0.6) is 23.0 Å². The van der Waals surface area contributed by atoms with Gasteiger partial charge >= 0.3 is 17.9 Å². The van der Waals surface area contributed by atoms with Crippen molar-refractivity contribution in [1.29, 1.82) is 0 Å². The van der Waals surface area contributed by atoms with Crippen LogP contribution in [0.3, 0.4) is 0 Å². The van der Waals surface area contributed by atoms with Gasteiger partial charge in [-0.15, -0.1) is 0 Å². The standard InChI is InChI=1S/C37H60O8/c1-4-7-10-13-16-19-22-25-34(39)43-32-28-31(42-30-38)29-33(44-35(40)26-23-20-17-14-11-8-5-2)37(32)45-36(41)27-24-21-18-15-12-9-6-3/h28-30H,4-27H2,1-3H3. The van der Waals surface area contributed by atoms with Crippen molar-refractivity contribution < 1.29 is 38.1 Å². The van der Waals surface area contributed by atoms with Gasteiger partial charge in [0.05, 0.1) is 0 Å². The summed E-state index contributed by atoms with van der Waals surface area (Å²) in [6.07, 6.45) is 22.6. The highest BCUT2D eigenvalue weighted by molar-refractivity contribution is 5.80. The monoisotopic (exact) mass is 632 g/mol. The van der Waals surface area contributed by atoms with E-state index in [1.165, 1.54) is 69.9 Å². The third kappa shape index (κ3) is 20.7. The third-order valence-electron chi connectivity index (χ3n) is 7.80. The molecular formula is C37H60O8. The van der Waals surface area contributed by atoms with E-state index >= 15 is 0 Å². The summed E-state index contributed by atoms with van der Waals surface area (Å²) in [6, 6.07) is 2.61. The molecule has 0 atom stereocenters. The third-order valence-corrected chi connectivity index (χ3v) is 7.80. The van der Waals surface area contributed by atoms with Crippen LogP contribution in [-0.2, 0) is 19.2 Å². The SMILES string of the molecule is CCCCCCCCCC(=O)Oc1cc(OC=O)cc(OC(=O)CCCCCCCCC)c1OC(=O)CCCCCCCCC. The molecule has 8 heteroatoms. The molecule has 0 aliphatic carbocycles. The van der Waals surface area contributed by atoms with Crippen LogP contribution in [0.15, 0.2) is 12.1 Å². The molecule has 0 fully saturated rings. The second-order valence-electron chi connectivity index (χ2n) is 12.0. The molecule has 0 amide bonds. The number of carbonyl (C=O) groups is 4. The number of hydrogen-bond acceptors (Lipinski definition) is 8. The van der Waals surface area contributed by atoms with Crippen molar-refractivity contribution in [2.75, 3.05) is 0 Å². The van der Waals surface area contributed by atoms with E-state index in [-0.39, 0.29) is 48.7 Å². The number of benzene rings is 1. The largest absolute Gasteiger partial charge is 0.428 e. The summed E-state index contributed by atoms with van der Waals surface area (Å²) in [4.78, 5) is 49.6. The zero-order chi connectivity index (χ0) is 33.0. The Hall–Kier alpha value is -2.90. The second-order valence-corrected chi connectivity index (χ2v) is 12.0. The fraction of sp³-hybridized carbons (Fsp3) is 0.730. The number of rotatable bonds is 29. The van der Waals surface area contributed by atoms with E-state index in [9.17, 15) is 19.2 Å². The number of unbranched alkanes of at least 4 members (excludes halogenated alkanes) is 18. The Kier molecular flexibility index (Phi) is 24.4. The van der Waals surface area contributed by atoms with E-state index in [4.69, 9.17) is 18.9 Å². The minimum atomic E-state index is -0.513. The summed E-state index contributed by atoms with van der Waals surface area (Å²) in [5.41, 5.74) is 0. The van der Waals surface area contributed by atoms with Crippen LogP contribution >= 0.6 is 0 Å². The first-order chi connectivity index (χ1) is 21.9. The molecule has 0 saturated heterocycles. The van der Waals surface area contributed by atoms with E-state index < -0.39 is 17.9 Å². The smallest absolute Gasteiger partial charge is 0.311 e. The van der Waals surface area contributed by atoms with Crippen molar-refractivity contribution >= 4 is 24.4 Å². The summed E-state index contributed by atoms with van der Waals surface area (Å²) in [6.45, 7) is 6.76. The Morgan fingerprint density at radius 3 is 1.13 bits per heavy atom. The van der Waals surface area contributed by atoms with Gasteiger partial charge in [0, 0.05) is 31.4 Å². The molecule has 0 aromatic heterocycles. The first-order valence-electron chi connectivity index (χ1n) is 17.8. The van der Waals surface area contributed by atoms with E-state index in [0.717, 1.165) is 57.8 Å². The van der Waals surface area contributed by atoms with Crippen molar-refractivity contribution in [3.8, 4) is 23.0 Å². The van der Waals surface area contributed by atoms with Gasteiger partial charge in [-0.3, -0.25) is 19.2 Å². The average molecular weight is 633 g/mol. The molecule has 0 spiro atoms. The Labute approximate surface area is 272 Å².